The highest BCUT2D eigenvalue weighted by molar-refractivity contribution is 5.89. The van der Waals surface area contributed by atoms with Gasteiger partial charge in [0.1, 0.15) is 0 Å². The molecule has 7 nitrogen and oxygen atoms in total. The van der Waals surface area contributed by atoms with Crippen molar-refractivity contribution in [2.75, 3.05) is 0 Å². The highest BCUT2D eigenvalue weighted by Gasteiger charge is 2.49. The quantitative estimate of drug-likeness (QED) is 0.446. The Morgan fingerprint density at radius 3 is 2.00 bits per heavy atom. The topological polar surface area (TPSA) is 132 Å². The highest BCUT2D eigenvalue weighted by atomic mass is 16.4. The third-order valence-electron chi connectivity index (χ3n) is 2.76. The Hall–Kier alpha value is -1.63. The maximum atomic E-state index is 11.0. The number of carboxylic acid groups (broad SMARTS) is 3. The smallest absolute Gasteiger partial charge is 0.337 e. The van der Waals surface area contributed by atoms with Gasteiger partial charge in [-0.25, -0.2) is 4.79 Å². The SMILES string of the molecule is CCCCCC(C(=O)O)C(O)(CC(=O)O)C(=O)O. The van der Waals surface area contributed by atoms with E-state index in [2.05, 4.69) is 0 Å². The lowest BCUT2D eigenvalue weighted by atomic mass is 9.81. The van der Waals surface area contributed by atoms with Crippen LogP contribution in [0.2, 0.25) is 0 Å². The van der Waals surface area contributed by atoms with E-state index in [1.54, 1.807) is 0 Å². The summed E-state index contributed by atoms with van der Waals surface area (Å²) in [6, 6.07) is 0. The van der Waals surface area contributed by atoms with E-state index in [4.69, 9.17) is 15.3 Å². The monoisotopic (exact) mass is 262 g/mol. The molecule has 0 radical (unpaired) electrons. The molecule has 0 bridgehead atoms. The van der Waals surface area contributed by atoms with Crippen molar-refractivity contribution in [1.82, 2.24) is 0 Å². The van der Waals surface area contributed by atoms with Gasteiger partial charge >= 0.3 is 17.9 Å². The number of aliphatic hydroxyl groups is 1. The molecular weight excluding hydrogens is 244 g/mol. The van der Waals surface area contributed by atoms with Crippen LogP contribution in [0.1, 0.15) is 39.0 Å². The Morgan fingerprint density at radius 1 is 1.11 bits per heavy atom. The lowest BCUT2D eigenvalue weighted by Gasteiger charge is -2.28. The van der Waals surface area contributed by atoms with Crippen LogP contribution in [0, 0.1) is 5.92 Å². The lowest BCUT2D eigenvalue weighted by Crippen LogP contribution is -2.50. The largest absolute Gasteiger partial charge is 0.481 e. The average molecular weight is 262 g/mol. The van der Waals surface area contributed by atoms with Crippen LogP contribution in [-0.2, 0) is 14.4 Å². The van der Waals surface area contributed by atoms with Crippen LogP contribution in [0.25, 0.3) is 0 Å². The Morgan fingerprint density at radius 2 is 1.67 bits per heavy atom. The summed E-state index contributed by atoms with van der Waals surface area (Å²) in [7, 11) is 0. The van der Waals surface area contributed by atoms with Crippen LogP contribution >= 0.6 is 0 Å². The van der Waals surface area contributed by atoms with Gasteiger partial charge in [-0.1, -0.05) is 26.2 Å². The molecule has 0 fully saturated rings. The molecule has 0 amide bonds. The second kappa shape index (κ2) is 6.95. The van der Waals surface area contributed by atoms with Crippen LogP contribution in [0.15, 0.2) is 0 Å². The summed E-state index contributed by atoms with van der Waals surface area (Å²) in [6.07, 6.45) is 0.705. The molecule has 0 rings (SSSR count). The molecule has 0 aliphatic rings. The molecule has 0 saturated carbocycles. The van der Waals surface area contributed by atoms with Crippen molar-refractivity contribution in [3.63, 3.8) is 0 Å². The van der Waals surface area contributed by atoms with Crippen LogP contribution in [0.5, 0.6) is 0 Å². The molecule has 0 aliphatic carbocycles. The number of unbranched alkanes of at least 4 members (excludes halogenated alkanes) is 2. The van der Waals surface area contributed by atoms with Crippen molar-refractivity contribution in [3.8, 4) is 0 Å². The molecule has 4 N–H and O–H groups in total. The van der Waals surface area contributed by atoms with Crippen LogP contribution in [-0.4, -0.2) is 43.9 Å². The standard InChI is InChI=1S/C11H18O7/c1-2-3-4-5-7(9(14)15)11(18,10(16)17)6-8(12)13/h7,18H,2-6H2,1H3,(H,12,13)(H,14,15)(H,16,17). The molecule has 0 saturated heterocycles. The molecule has 0 aromatic carbocycles. The van der Waals surface area contributed by atoms with Crippen molar-refractivity contribution in [2.24, 2.45) is 5.92 Å². The molecule has 0 aromatic rings. The molecular formula is C11H18O7. The number of carbonyl (C=O) groups is 3. The van der Waals surface area contributed by atoms with Gasteiger partial charge < -0.3 is 20.4 Å². The van der Waals surface area contributed by atoms with Crippen LogP contribution < -0.4 is 0 Å². The van der Waals surface area contributed by atoms with E-state index >= 15 is 0 Å². The van der Waals surface area contributed by atoms with E-state index in [-0.39, 0.29) is 6.42 Å². The summed E-state index contributed by atoms with van der Waals surface area (Å²) in [6.45, 7) is 1.89. The third kappa shape index (κ3) is 4.33. The van der Waals surface area contributed by atoms with Crippen LogP contribution in [0.4, 0.5) is 0 Å². The minimum absolute atomic E-state index is 0.0702. The van der Waals surface area contributed by atoms with E-state index in [1.807, 2.05) is 6.92 Å². The lowest BCUT2D eigenvalue weighted by molar-refractivity contribution is -0.179. The first-order valence-electron chi connectivity index (χ1n) is 5.66. The Bertz CT molecular complexity index is 325. The normalized spacial score (nSPS) is 15.7. The zero-order valence-electron chi connectivity index (χ0n) is 10.1. The fraction of sp³-hybridized carbons (Fsp3) is 0.727. The van der Waals surface area contributed by atoms with Gasteiger partial charge in [0.2, 0.25) is 0 Å². The van der Waals surface area contributed by atoms with E-state index in [0.717, 1.165) is 6.42 Å². The zero-order chi connectivity index (χ0) is 14.3. The Kier molecular flexibility index (Phi) is 6.32. The summed E-state index contributed by atoms with van der Waals surface area (Å²) in [5, 5.41) is 36.2. The minimum Gasteiger partial charge on any atom is -0.481 e. The summed E-state index contributed by atoms with van der Waals surface area (Å²) in [5.41, 5.74) is -2.77. The number of hydrogen-bond acceptors (Lipinski definition) is 4. The maximum absolute atomic E-state index is 11.0. The van der Waals surface area contributed by atoms with Crippen molar-refractivity contribution < 1.29 is 34.8 Å². The van der Waals surface area contributed by atoms with Gasteiger partial charge in [-0.2, -0.15) is 0 Å². The van der Waals surface area contributed by atoms with E-state index in [9.17, 15) is 19.5 Å². The second-order valence-corrected chi connectivity index (χ2v) is 4.19. The summed E-state index contributed by atoms with van der Waals surface area (Å²) < 4.78 is 0. The van der Waals surface area contributed by atoms with Gasteiger partial charge in [-0.3, -0.25) is 9.59 Å². The van der Waals surface area contributed by atoms with Gasteiger partial charge in [-0.05, 0) is 6.42 Å². The molecule has 0 spiro atoms. The molecule has 0 aromatic heterocycles. The fourth-order valence-electron chi connectivity index (χ4n) is 1.74. The predicted molar refractivity (Wildman–Crippen MR) is 60.1 cm³/mol. The van der Waals surface area contributed by atoms with Crippen molar-refractivity contribution in [1.29, 1.82) is 0 Å². The summed E-state index contributed by atoms with van der Waals surface area (Å²) in [4.78, 5) is 32.5. The van der Waals surface area contributed by atoms with Crippen molar-refractivity contribution in [3.05, 3.63) is 0 Å². The number of rotatable bonds is 9. The Balaban J connectivity index is 5.04. The number of aliphatic carboxylic acids is 3. The van der Waals surface area contributed by atoms with Crippen molar-refractivity contribution >= 4 is 17.9 Å². The summed E-state index contributed by atoms with van der Waals surface area (Å²) in [5.74, 6) is -6.51. The average Bonchev–Trinajstić information content (AvgIpc) is 2.22. The molecule has 7 heteroatoms. The molecule has 2 unspecified atom stereocenters. The molecule has 104 valence electrons. The third-order valence-corrected chi connectivity index (χ3v) is 2.76. The van der Waals surface area contributed by atoms with Gasteiger partial charge in [0.05, 0.1) is 12.3 Å². The van der Waals surface area contributed by atoms with E-state index < -0.39 is 35.8 Å². The molecule has 2 atom stereocenters. The Labute approximate surface area is 104 Å². The summed E-state index contributed by atoms with van der Waals surface area (Å²) >= 11 is 0. The maximum Gasteiger partial charge on any atom is 0.337 e. The minimum atomic E-state index is -2.77. The van der Waals surface area contributed by atoms with Gasteiger partial charge in [0.15, 0.2) is 5.60 Å². The first-order valence-corrected chi connectivity index (χ1v) is 5.66. The fourth-order valence-corrected chi connectivity index (χ4v) is 1.74. The number of carboxylic acids is 3. The van der Waals surface area contributed by atoms with E-state index in [1.165, 1.54) is 0 Å². The molecule has 0 heterocycles. The first-order chi connectivity index (χ1) is 8.25. The number of hydrogen-bond donors (Lipinski definition) is 4. The predicted octanol–water partition coefficient (Wildman–Crippen LogP) is 0.558. The first kappa shape index (κ1) is 16.4. The molecule has 0 aliphatic heterocycles. The van der Waals surface area contributed by atoms with Gasteiger partial charge in [-0.15, -0.1) is 0 Å². The second-order valence-electron chi connectivity index (χ2n) is 4.19. The van der Waals surface area contributed by atoms with Crippen LogP contribution in [0.3, 0.4) is 0 Å². The molecule has 18 heavy (non-hydrogen) atoms. The van der Waals surface area contributed by atoms with E-state index in [0.29, 0.717) is 12.8 Å². The van der Waals surface area contributed by atoms with Crippen molar-refractivity contribution in [2.45, 2.75) is 44.6 Å². The van der Waals surface area contributed by atoms with Gasteiger partial charge in [0.25, 0.3) is 0 Å². The zero-order valence-corrected chi connectivity index (χ0v) is 10.1. The van der Waals surface area contributed by atoms with Gasteiger partial charge in [0, 0.05) is 0 Å². The highest BCUT2D eigenvalue weighted by Crippen LogP contribution is 2.28.